The molecule has 3 aliphatic heterocycles. The van der Waals surface area contributed by atoms with Gasteiger partial charge in [-0.15, -0.1) is 0 Å². The molecule has 0 saturated carbocycles. The van der Waals surface area contributed by atoms with E-state index in [1.54, 1.807) is 0 Å². The Morgan fingerprint density at radius 3 is 1.62 bits per heavy atom. The van der Waals surface area contributed by atoms with Crippen LogP contribution in [0.25, 0.3) is 0 Å². The molecule has 0 aliphatic carbocycles. The van der Waals surface area contributed by atoms with E-state index in [0.29, 0.717) is 0 Å². The molecule has 0 bridgehead atoms. The lowest BCUT2D eigenvalue weighted by atomic mass is 9.97. The maximum Gasteiger partial charge on any atom is 0.219 e. The highest BCUT2D eigenvalue weighted by Gasteiger charge is 2.57. The first-order valence-electron chi connectivity index (χ1n) is 10.6. The van der Waals surface area contributed by atoms with Crippen LogP contribution in [0.1, 0.15) is 0 Å². The second-order valence-corrected chi connectivity index (χ2v) is 8.39. The summed E-state index contributed by atoms with van der Waals surface area (Å²) in [5.41, 5.74) is 0. The van der Waals surface area contributed by atoms with Gasteiger partial charge in [-0.1, -0.05) is 0 Å². The Morgan fingerprint density at radius 1 is 0.588 bits per heavy atom. The predicted molar refractivity (Wildman–Crippen MR) is 101 cm³/mol. The van der Waals surface area contributed by atoms with Gasteiger partial charge < -0.3 is 79.9 Å². The maximum absolute atomic E-state index is 10.6. The average molecular weight is 504 g/mol. The molecular formula is C18H32O16. The van der Waals surface area contributed by atoms with E-state index in [1.807, 2.05) is 0 Å². The van der Waals surface area contributed by atoms with Crippen molar-refractivity contribution in [2.24, 2.45) is 0 Å². The van der Waals surface area contributed by atoms with Crippen molar-refractivity contribution >= 4 is 0 Å². The van der Waals surface area contributed by atoms with Gasteiger partial charge in [0.1, 0.15) is 67.1 Å². The van der Waals surface area contributed by atoms with E-state index in [0.717, 1.165) is 0 Å². The Labute approximate surface area is 192 Å². The fourth-order valence-electron chi connectivity index (χ4n) is 4.12. The van der Waals surface area contributed by atoms with Gasteiger partial charge in [0.25, 0.3) is 0 Å². The molecule has 3 rings (SSSR count). The van der Waals surface area contributed by atoms with Crippen LogP contribution < -0.4 is 0 Å². The normalized spacial score (nSPS) is 52.1. The molecule has 0 spiro atoms. The molecule has 11 N–H and O–H groups in total. The first-order chi connectivity index (χ1) is 16.0. The average Bonchev–Trinajstić information content (AvgIpc) is 3.08. The number of rotatable bonds is 8. The van der Waals surface area contributed by atoms with Gasteiger partial charge in [-0.2, -0.15) is 0 Å². The van der Waals surface area contributed by atoms with Crippen molar-refractivity contribution in [2.45, 2.75) is 85.5 Å². The zero-order chi connectivity index (χ0) is 25.4. The molecule has 3 heterocycles. The minimum atomic E-state index is -2.47. The molecule has 3 saturated heterocycles. The Balaban J connectivity index is 1.72. The van der Waals surface area contributed by atoms with Crippen LogP contribution in [0.5, 0.6) is 0 Å². The molecule has 0 aromatic heterocycles. The molecule has 16 nitrogen and oxygen atoms in total. The second-order valence-electron chi connectivity index (χ2n) is 8.39. The SMILES string of the molecule is OC[C@H]1O[C@@H](O[C@@H]2[C@H](O)[C@@H](O)[C@H](O[C@@H]3[C@@H](CO)O[C@](O)(CO)[C@H]3O)O[C@@H]2CO)[C@H](O)[C@@H](O)[C@H]1O. The third-order valence-electron chi connectivity index (χ3n) is 6.15. The van der Waals surface area contributed by atoms with Gasteiger partial charge in [-0.3, -0.25) is 0 Å². The number of ether oxygens (including phenoxy) is 5. The first-order valence-corrected chi connectivity index (χ1v) is 10.6. The summed E-state index contributed by atoms with van der Waals surface area (Å²) >= 11 is 0. The van der Waals surface area contributed by atoms with E-state index in [-0.39, 0.29) is 0 Å². The fraction of sp³-hybridized carbons (Fsp3) is 1.00. The lowest BCUT2D eigenvalue weighted by Gasteiger charge is -2.46. The lowest BCUT2D eigenvalue weighted by Crippen LogP contribution is -2.65. The van der Waals surface area contributed by atoms with Crippen molar-refractivity contribution < 1.29 is 79.9 Å². The van der Waals surface area contributed by atoms with Crippen molar-refractivity contribution in [2.75, 3.05) is 26.4 Å². The van der Waals surface area contributed by atoms with Crippen LogP contribution in [0.3, 0.4) is 0 Å². The lowest BCUT2D eigenvalue weighted by molar-refractivity contribution is -0.365. The van der Waals surface area contributed by atoms with Crippen LogP contribution >= 0.6 is 0 Å². The van der Waals surface area contributed by atoms with Gasteiger partial charge in [0.2, 0.25) is 5.79 Å². The number of hydrogen-bond donors (Lipinski definition) is 11. The quantitative estimate of drug-likeness (QED) is 0.146. The predicted octanol–water partition coefficient (Wildman–Crippen LogP) is -7.57. The highest BCUT2D eigenvalue weighted by atomic mass is 16.8. The smallest absolute Gasteiger partial charge is 0.219 e. The molecule has 0 radical (unpaired) electrons. The van der Waals surface area contributed by atoms with Crippen molar-refractivity contribution in [3.05, 3.63) is 0 Å². The zero-order valence-electron chi connectivity index (χ0n) is 17.8. The number of aliphatic hydroxyl groups excluding tert-OH is 10. The summed E-state index contributed by atoms with van der Waals surface area (Å²) in [5, 5.41) is 109. The number of aliphatic hydroxyl groups is 11. The van der Waals surface area contributed by atoms with Gasteiger partial charge >= 0.3 is 0 Å². The summed E-state index contributed by atoms with van der Waals surface area (Å²) in [7, 11) is 0. The van der Waals surface area contributed by atoms with Crippen LogP contribution in [0.15, 0.2) is 0 Å². The molecule has 0 amide bonds. The Bertz CT molecular complexity index is 651. The molecule has 3 fully saturated rings. The van der Waals surface area contributed by atoms with E-state index < -0.39 is 112 Å². The Morgan fingerprint density at radius 2 is 1.09 bits per heavy atom. The maximum atomic E-state index is 10.6. The van der Waals surface area contributed by atoms with E-state index in [2.05, 4.69) is 0 Å². The molecule has 0 aromatic rings. The summed E-state index contributed by atoms with van der Waals surface area (Å²) in [6, 6.07) is 0. The molecule has 3 aliphatic rings. The summed E-state index contributed by atoms with van der Waals surface area (Å²) < 4.78 is 26.5. The van der Waals surface area contributed by atoms with Gasteiger partial charge in [0.05, 0.1) is 26.4 Å². The zero-order valence-corrected chi connectivity index (χ0v) is 17.8. The van der Waals surface area contributed by atoms with Crippen LogP contribution in [0.2, 0.25) is 0 Å². The van der Waals surface area contributed by atoms with Crippen LogP contribution in [-0.4, -0.2) is 168 Å². The van der Waals surface area contributed by atoms with Crippen molar-refractivity contribution in [1.29, 1.82) is 0 Å². The first kappa shape index (κ1) is 27.9. The summed E-state index contributed by atoms with van der Waals surface area (Å²) in [6.45, 7) is -3.37. The minimum Gasteiger partial charge on any atom is -0.394 e. The standard InChI is InChI=1S/C18H32O16/c19-1-5-8(23)9(24)11(26)16(30-5)32-13-6(2-20)31-17(12(27)10(13)25)33-14-7(3-21)34-18(29,4-22)15(14)28/h5-17,19-29H,1-4H2/t5-,6-,7-,8+,9+,10-,11-,12-,13+,14-,15+,16+,17+,18-/m1/s1. The third-order valence-corrected chi connectivity index (χ3v) is 6.15. The van der Waals surface area contributed by atoms with Crippen molar-refractivity contribution in [3.63, 3.8) is 0 Å². The van der Waals surface area contributed by atoms with E-state index >= 15 is 0 Å². The summed E-state index contributed by atoms with van der Waals surface area (Å²) in [5.74, 6) is -2.47. The van der Waals surface area contributed by atoms with Crippen LogP contribution in [0.4, 0.5) is 0 Å². The Hall–Kier alpha value is -0.640. The van der Waals surface area contributed by atoms with Crippen LogP contribution in [0, 0.1) is 0 Å². The second kappa shape index (κ2) is 11.2. The summed E-state index contributed by atoms with van der Waals surface area (Å²) in [6.07, 6.45) is -21.6. The minimum absolute atomic E-state index is 0.742. The molecule has 34 heavy (non-hydrogen) atoms. The van der Waals surface area contributed by atoms with Gasteiger partial charge in [-0.25, -0.2) is 0 Å². The Kier molecular flexibility index (Phi) is 9.18. The van der Waals surface area contributed by atoms with E-state index in [4.69, 9.17) is 23.7 Å². The fourth-order valence-corrected chi connectivity index (χ4v) is 4.12. The molecule has 14 atom stereocenters. The summed E-state index contributed by atoms with van der Waals surface area (Å²) in [4.78, 5) is 0. The highest BCUT2D eigenvalue weighted by Crippen LogP contribution is 2.35. The largest absolute Gasteiger partial charge is 0.394 e. The van der Waals surface area contributed by atoms with Crippen molar-refractivity contribution in [3.8, 4) is 0 Å². The van der Waals surface area contributed by atoms with Gasteiger partial charge in [-0.05, 0) is 0 Å². The van der Waals surface area contributed by atoms with E-state index in [1.165, 1.54) is 0 Å². The topological polar surface area (TPSA) is 269 Å². The molecule has 16 heteroatoms. The van der Waals surface area contributed by atoms with Gasteiger partial charge in [0.15, 0.2) is 12.6 Å². The molecule has 200 valence electrons. The van der Waals surface area contributed by atoms with Gasteiger partial charge in [0, 0.05) is 0 Å². The third kappa shape index (κ3) is 5.09. The molecule has 0 aromatic carbocycles. The molecule has 0 unspecified atom stereocenters. The number of hydrogen-bond acceptors (Lipinski definition) is 16. The van der Waals surface area contributed by atoms with Crippen LogP contribution in [-0.2, 0) is 23.7 Å². The van der Waals surface area contributed by atoms with E-state index in [9.17, 15) is 56.2 Å². The molecular weight excluding hydrogens is 472 g/mol. The highest BCUT2D eigenvalue weighted by molar-refractivity contribution is 4.99. The monoisotopic (exact) mass is 504 g/mol. The van der Waals surface area contributed by atoms with Crippen molar-refractivity contribution in [1.82, 2.24) is 0 Å².